The second kappa shape index (κ2) is 9.98. The number of nitrogens with zero attached hydrogens (tertiary/aromatic N) is 4. The third-order valence-electron chi connectivity index (χ3n) is 6.90. The van der Waals surface area contributed by atoms with Crippen LogP contribution in [0.1, 0.15) is 46.0 Å². The minimum atomic E-state index is -1.22. The molecule has 1 aliphatic heterocycles. The van der Waals surface area contributed by atoms with Crippen molar-refractivity contribution in [3.8, 4) is 17.0 Å². The number of hydrogen-bond acceptors (Lipinski definition) is 8. The van der Waals surface area contributed by atoms with Crippen molar-refractivity contribution in [2.45, 2.75) is 31.0 Å². The van der Waals surface area contributed by atoms with Gasteiger partial charge in [-0.3, -0.25) is 4.98 Å². The van der Waals surface area contributed by atoms with Crippen LogP contribution in [0.15, 0.2) is 53.4 Å². The van der Waals surface area contributed by atoms with Crippen LogP contribution >= 0.6 is 34.8 Å². The highest BCUT2D eigenvalue weighted by atomic mass is 35.5. The Bertz CT molecular complexity index is 1560. The molecule has 39 heavy (non-hydrogen) atoms. The van der Waals surface area contributed by atoms with E-state index in [1.165, 1.54) is 30.7 Å². The Balaban J connectivity index is 1.19. The van der Waals surface area contributed by atoms with Crippen LogP contribution in [0.4, 0.5) is 5.82 Å². The maximum atomic E-state index is 11.3. The van der Waals surface area contributed by atoms with Gasteiger partial charge in [0.1, 0.15) is 35.2 Å². The molecule has 0 bridgehead atoms. The molecule has 0 amide bonds. The summed E-state index contributed by atoms with van der Waals surface area (Å²) in [4.78, 5) is 21.3. The van der Waals surface area contributed by atoms with Crippen LogP contribution in [0, 0.1) is 0 Å². The molecule has 1 aliphatic carbocycles. The highest BCUT2D eigenvalue weighted by molar-refractivity contribution is 6.38. The molecule has 3 aromatic heterocycles. The quantitative estimate of drug-likeness (QED) is 0.257. The van der Waals surface area contributed by atoms with Gasteiger partial charge >= 0.3 is 5.97 Å². The Kier molecular flexibility index (Phi) is 6.63. The lowest BCUT2D eigenvalue weighted by Crippen LogP contribution is -2.60. The average Bonchev–Trinajstić information content (AvgIpc) is 3.66. The first-order valence-corrected chi connectivity index (χ1v) is 13.2. The molecular weight excluding hydrogens is 567 g/mol. The van der Waals surface area contributed by atoms with E-state index in [1.54, 1.807) is 23.1 Å². The minimum absolute atomic E-state index is 0.129. The van der Waals surface area contributed by atoms with Gasteiger partial charge in [0.25, 0.3) is 0 Å². The number of β-amino-alcohol motifs (C(OH)–C–C–N with tert-alkyl or cyclic N) is 1. The molecule has 0 atom stereocenters. The number of aromatic nitrogens is 3. The van der Waals surface area contributed by atoms with Crippen molar-refractivity contribution in [2.75, 3.05) is 18.0 Å². The molecule has 4 heterocycles. The van der Waals surface area contributed by atoms with Gasteiger partial charge in [-0.05, 0) is 37.1 Å². The summed E-state index contributed by atoms with van der Waals surface area (Å²) in [6.07, 6.45) is 6.45. The number of rotatable bonds is 8. The van der Waals surface area contributed by atoms with Crippen LogP contribution in [0.2, 0.25) is 15.1 Å². The largest absolute Gasteiger partial charge is 0.489 e. The molecule has 2 aliphatic rings. The van der Waals surface area contributed by atoms with E-state index < -0.39 is 11.6 Å². The van der Waals surface area contributed by atoms with Crippen molar-refractivity contribution in [1.29, 1.82) is 0 Å². The Morgan fingerprint density at radius 3 is 2.51 bits per heavy atom. The number of carboxylic acids is 1. The topological polar surface area (TPSA) is 122 Å². The van der Waals surface area contributed by atoms with Gasteiger partial charge in [0.2, 0.25) is 0 Å². The minimum Gasteiger partial charge on any atom is -0.489 e. The van der Waals surface area contributed by atoms with Gasteiger partial charge in [0.05, 0.1) is 39.3 Å². The van der Waals surface area contributed by atoms with Crippen LogP contribution < -0.4 is 9.64 Å². The van der Waals surface area contributed by atoms with Gasteiger partial charge in [0.15, 0.2) is 0 Å². The number of pyridine rings is 2. The molecule has 2 fully saturated rings. The highest BCUT2D eigenvalue weighted by Gasteiger charge is 2.45. The zero-order valence-corrected chi connectivity index (χ0v) is 22.5. The van der Waals surface area contributed by atoms with Crippen molar-refractivity contribution in [2.24, 2.45) is 0 Å². The van der Waals surface area contributed by atoms with Crippen molar-refractivity contribution in [3.05, 3.63) is 86.4 Å². The van der Waals surface area contributed by atoms with E-state index in [0.717, 1.165) is 24.2 Å². The van der Waals surface area contributed by atoms with Crippen LogP contribution in [0.5, 0.6) is 5.75 Å². The Morgan fingerprint density at radius 2 is 1.85 bits per heavy atom. The standard InChI is InChI=1S/C27H21Cl3N4O5/c28-19-8-16(3-4-18(19)27(37)12-34(13-27)22-7-15(26(35)36)5-6-32-22)38-11-17-24(33-39-25(17)14-1-2-14)23-20(29)9-31-10-21(23)30/h3-10,14,37H,1-2,11-13H2,(H,35,36). The van der Waals surface area contributed by atoms with E-state index in [2.05, 4.69) is 15.1 Å². The molecule has 12 heteroatoms. The molecule has 1 saturated heterocycles. The van der Waals surface area contributed by atoms with Gasteiger partial charge in [-0.15, -0.1) is 0 Å². The number of ether oxygens (including phenoxy) is 1. The smallest absolute Gasteiger partial charge is 0.335 e. The van der Waals surface area contributed by atoms with Crippen LogP contribution in [0.25, 0.3) is 11.3 Å². The SMILES string of the molecule is O=C(O)c1ccnc(N2CC(O)(c3ccc(OCc4c(-c5c(Cl)cncc5Cl)noc4C4CC4)cc3Cl)C2)c1. The second-order valence-corrected chi connectivity index (χ2v) is 10.9. The summed E-state index contributed by atoms with van der Waals surface area (Å²) in [5.41, 5.74) is 1.27. The predicted molar refractivity (Wildman–Crippen MR) is 145 cm³/mol. The Labute approximate surface area is 237 Å². The van der Waals surface area contributed by atoms with E-state index >= 15 is 0 Å². The lowest BCUT2D eigenvalue weighted by atomic mass is 9.86. The third-order valence-corrected chi connectivity index (χ3v) is 7.79. The Morgan fingerprint density at radius 1 is 1.10 bits per heavy atom. The second-order valence-electron chi connectivity index (χ2n) is 9.65. The highest BCUT2D eigenvalue weighted by Crippen LogP contribution is 2.46. The number of benzene rings is 1. The van der Waals surface area contributed by atoms with E-state index in [0.29, 0.717) is 43.5 Å². The summed E-state index contributed by atoms with van der Waals surface area (Å²) in [5.74, 6) is 0.960. The zero-order chi connectivity index (χ0) is 27.3. The first-order chi connectivity index (χ1) is 18.7. The van der Waals surface area contributed by atoms with E-state index in [-0.39, 0.29) is 31.2 Å². The Hall–Kier alpha value is -3.37. The fourth-order valence-corrected chi connectivity index (χ4v) is 5.61. The van der Waals surface area contributed by atoms with Gasteiger partial charge in [-0.25, -0.2) is 9.78 Å². The number of carboxylic acid groups (broad SMARTS) is 1. The van der Waals surface area contributed by atoms with Crippen molar-refractivity contribution < 1.29 is 24.3 Å². The molecule has 2 N–H and O–H groups in total. The molecule has 200 valence electrons. The van der Waals surface area contributed by atoms with Crippen molar-refractivity contribution >= 4 is 46.6 Å². The number of carbonyl (C=O) groups is 1. The summed E-state index contributed by atoms with van der Waals surface area (Å²) in [6.45, 7) is 0.579. The molecule has 9 nitrogen and oxygen atoms in total. The van der Waals surface area contributed by atoms with Gasteiger partial charge in [-0.2, -0.15) is 0 Å². The van der Waals surface area contributed by atoms with Crippen LogP contribution in [-0.2, 0) is 12.2 Å². The summed E-state index contributed by atoms with van der Waals surface area (Å²) in [7, 11) is 0. The van der Waals surface area contributed by atoms with Crippen LogP contribution in [-0.4, -0.2) is 44.4 Å². The zero-order valence-electron chi connectivity index (χ0n) is 20.3. The van der Waals surface area contributed by atoms with Crippen molar-refractivity contribution in [1.82, 2.24) is 15.1 Å². The molecule has 0 radical (unpaired) electrons. The lowest BCUT2D eigenvalue weighted by Gasteiger charge is -2.47. The number of aliphatic hydroxyl groups is 1. The number of anilines is 1. The van der Waals surface area contributed by atoms with Crippen LogP contribution in [0.3, 0.4) is 0 Å². The third kappa shape index (κ3) is 4.91. The number of aromatic carboxylic acids is 1. The van der Waals surface area contributed by atoms with Gasteiger partial charge in [0, 0.05) is 35.6 Å². The summed E-state index contributed by atoms with van der Waals surface area (Å²) < 4.78 is 11.8. The normalized spacial score (nSPS) is 16.2. The molecule has 1 saturated carbocycles. The van der Waals surface area contributed by atoms with E-state index in [9.17, 15) is 15.0 Å². The first-order valence-electron chi connectivity index (χ1n) is 12.1. The average molecular weight is 588 g/mol. The maximum Gasteiger partial charge on any atom is 0.335 e. The summed E-state index contributed by atoms with van der Waals surface area (Å²) in [5, 5.41) is 25.7. The summed E-state index contributed by atoms with van der Waals surface area (Å²) in [6, 6.07) is 8.01. The number of halogens is 3. The molecule has 0 spiro atoms. The van der Waals surface area contributed by atoms with Gasteiger partial charge < -0.3 is 24.4 Å². The maximum absolute atomic E-state index is 11.3. The van der Waals surface area contributed by atoms with Gasteiger partial charge in [-0.1, -0.05) is 46.0 Å². The van der Waals surface area contributed by atoms with E-state index in [4.69, 9.17) is 44.1 Å². The molecule has 4 aromatic rings. The fourth-order valence-electron chi connectivity index (χ4n) is 4.72. The van der Waals surface area contributed by atoms with Crippen molar-refractivity contribution in [3.63, 3.8) is 0 Å². The monoisotopic (exact) mass is 586 g/mol. The molecule has 1 aromatic carbocycles. The molecule has 0 unspecified atom stereocenters. The lowest BCUT2D eigenvalue weighted by molar-refractivity contribution is 0.00712. The summed E-state index contributed by atoms with van der Waals surface area (Å²) >= 11 is 19.4. The molecule has 6 rings (SSSR count). The van der Waals surface area contributed by atoms with E-state index in [1.807, 2.05) is 0 Å². The first kappa shape index (κ1) is 25.9. The molecular formula is C27H21Cl3N4O5. The fraction of sp³-hybridized carbons (Fsp3) is 0.259. The predicted octanol–water partition coefficient (Wildman–Crippen LogP) is 5.95. The number of hydrogen-bond donors (Lipinski definition) is 2.